The van der Waals surface area contributed by atoms with Crippen LogP contribution in [0.2, 0.25) is 0 Å². The lowest BCUT2D eigenvalue weighted by Crippen LogP contribution is -2.30. The standard InChI is InChI=1S/C21H21FN2O3/c1-3-14-4-9-18-15(11-21(26)27-19(18)10-14)12-24(2)13-20(25)23-17-7-5-16(22)6-8-17/h4-11H,3,12-13H2,1-2H3,(H,23,25). The van der Waals surface area contributed by atoms with Gasteiger partial charge in [-0.15, -0.1) is 0 Å². The molecule has 1 N–H and O–H groups in total. The Balaban J connectivity index is 1.71. The molecule has 2 aromatic carbocycles. The molecule has 0 spiro atoms. The molecule has 0 atom stereocenters. The van der Waals surface area contributed by atoms with Crippen molar-refractivity contribution in [2.75, 3.05) is 18.9 Å². The van der Waals surface area contributed by atoms with E-state index in [9.17, 15) is 14.0 Å². The Bertz CT molecular complexity index is 1010. The summed E-state index contributed by atoms with van der Waals surface area (Å²) in [6.45, 7) is 2.59. The zero-order valence-electron chi connectivity index (χ0n) is 15.3. The van der Waals surface area contributed by atoms with Gasteiger partial charge >= 0.3 is 5.63 Å². The molecule has 1 amide bonds. The maximum absolute atomic E-state index is 12.9. The molecule has 0 aliphatic carbocycles. The van der Waals surface area contributed by atoms with Gasteiger partial charge in [0.15, 0.2) is 0 Å². The lowest BCUT2D eigenvalue weighted by molar-refractivity contribution is -0.117. The fourth-order valence-corrected chi connectivity index (χ4v) is 2.95. The number of rotatable bonds is 6. The van der Waals surface area contributed by atoms with Crippen molar-refractivity contribution in [3.05, 3.63) is 75.9 Å². The SMILES string of the molecule is CCc1ccc2c(CN(C)CC(=O)Nc3ccc(F)cc3)cc(=O)oc2c1. The third-order valence-electron chi connectivity index (χ3n) is 4.28. The summed E-state index contributed by atoms with van der Waals surface area (Å²) in [5, 5.41) is 3.58. The lowest BCUT2D eigenvalue weighted by Gasteiger charge is -2.17. The Morgan fingerprint density at radius 3 is 2.59 bits per heavy atom. The number of nitrogens with zero attached hydrogens (tertiary/aromatic N) is 1. The van der Waals surface area contributed by atoms with Crippen molar-refractivity contribution < 1.29 is 13.6 Å². The second kappa shape index (κ2) is 8.14. The third-order valence-corrected chi connectivity index (χ3v) is 4.28. The Labute approximate surface area is 156 Å². The Hall–Kier alpha value is -2.99. The molecule has 3 rings (SSSR count). The summed E-state index contributed by atoms with van der Waals surface area (Å²) in [6, 6.07) is 12.9. The van der Waals surface area contributed by atoms with Crippen LogP contribution in [0.4, 0.5) is 10.1 Å². The van der Waals surface area contributed by atoms with Crippen LogP contribution < -0.4 is 10.9 Å². The summed E-state index contributed by atoms with van der Waals surface area (Å²) in [6.07, 6.45) is 0.855. The average molecular weight is 368 g/mol. The van der Waals surface area contributed by atoms with Crippen molar-refractivity contribution in [3.63, 3.8) is 0 Å². The zero-order chi connectivity index (χ0) is 19.4. The van der Waals surface area contributed by atoms with Crippen molar-refractivity contribution in [1.29, 1.82) is 0 Å². The second-order valence-electron chi connectivity index (χ2n) is 6.50. The van der Waals surface area contributed by atoms with E-state index in [0.29, 0.717) is 17.8 Å². The van der Waals surface area contributed by atoms with E-state index in [1.54, 1.807) is 11.9 Å². The van der Waals surface area contributed by atoms with Gasteiger partial charge in [0.2, 0.25) is 5.91 Å². The van der Waals surface area contributed by atoms with E-state index in [2.05, 4.69) is 5.32 Å². The fraction of sp³-hybridized carbons (Fsp3) is 0.238. The van der Waals surface area contributed by atoms with Crippen LogP contribution in [0.15, 0.2) is 57.7 Å². The summed E-state index contributed by atoms with van der Waals surface area (Å²) in [4.78, 5) is 25.9. The highest BCUT2D eigenvalue weighted by Gasteiger charge is 2.12. The first-order valence-electron chi connectivity index (χ1n) is 8.74. The number of carbonyl (C=O) groups excluding carboxylic acids is 1. The maximum Gasteiger partial charge on any atom is 0.336 e. The van der Waals surface area contributed by atoms with Gasteiger partial charge in [0.05, 0.1) is 6.54 Å². The molecule has 0 aliphatic rings. The van der Waals surface area contributed by atoms with E-state index >= 15 is 0 Å². The number of aryl methyl sites for hydroxylation is 1. The van der Waals surface area contributed by atoms with E-state index in [0.717, 1.165) is 22.9 Å². The number of anilines is 1. The van der Waals surface area contributed by atoms with Crippen LogP contribution in [0.1, 0.15) is 18.1 Å². The summed E-state index contributed by atoms with van der Waals surface area (Å²) < 4.78 is 18.2. The van der Waals surface area contributed by atoms with Crippen LogP contribution in [0.3, 0.4) is 0 Å². The van der Waals surface area contributed by atoms with Gasteiger partial charge in [-0.05, 0) is 54.9 Å². The molecule has 27 heavy (non-hydrogen) atoms. The maximum atomic E-state index is 12.9. The normalized spacial score (nSPS) is 11.1. The number of likely N-dealkylation sites (N-methyl/N-ethyl adjacent to an activating group) is 1. The van der Waals surface area contributed by atoms with Crippen LogP contribution >= 0.6 is 0 Å². The third kappa shape index (κ3) is 4.80. The number of amides is 1. The molecule has 3 aromatic rings. The number of fused-ring (bicyclic) bond motifs is 1. The van der Waals surface area contributed by atoms with E-state index in [1.807, 2.05) is 25.1 Å². The first-order valence-corrected chi connectivity index (χ1v) is 8.74. The number of hydrogen-bond acceptors (Lipinski definition) is 4. The minimum absolute atomic E-state index is 0.131. The lowest BCUT2D eigenvalue weighted by atomic mass is 10.1. The fourth-order valence-electron chi connectivity index (χ4n) is 2.95. The van der Waals surface area contributed by atoms with Gasteiger partial charge in [0, 0.05) is 23.7 Å². The predicted octanol–water partition coefficient (Wildman–Crippen LogP) is 3.57. The predicted molar refractivity (Wildman–Crippen MR) is 103 cm³/mol. The van der Waals surface area contributed by atoms with Gasteiger partial charge in [-0.3, -0.25) is 9.69 Å². The number of nitrogens with one attached hydrogen (secondary N) is 1. The molecular weight excluding hydrogens is 347 g/mol. The molecule has 0 aliphatic heterocycles. The van der Waals surface area contributed by atoms with Gasteiger partial charge in [-0.2, -0.15) is 0 Å². The molecule has 0 radical (unpaired) electrons. The largest absolute Gasteiger partial charge is 0.423 e. The molecule has 0 saturated carbocycles. The Kier molecular flexibility index (Phi) is 5.66. The van der Waals surface area contributed by atoms with Crippen LogP contribution in [0.5, 0.6) is 0 Å². The van der Waals surface area contributed by atoms with Gasteiger partial charge in [0.25, 0.3) is 0 Å². The highest BCUT2D eigenvalue weighted by Crippen LogP contribution is 2.20. The number of hydrogen-bond donors (Lipinski definition) is 1. The van der Waals surface area contributed by atoms with E-state index in [-0.39, 0.29) is 18.3 Å². The van der Waals surface area contributed by atoms with Crippen LogP contribution in [0, 0.1) is 5.82 Å². The first kappa shape index (κ1) is 18.8. The van der Waals surface area contributed by atoms with Crippen LogP contribution in [-0.2, 0) is 17.8 Å². The highest BCUT2D eigenvalue weighted by molar-refractivity contribution is 5.92. The molecule has 1 aromatic heterocycles. The second-order valence-corrected chi connectivity index (χ2v) is 6.50. The van der Waals surface area contributed by atoms with Gasteiger partial charge < -0.3 is 9.73 Å². The van der Waals surface area contributed by atoms with Gasteiger partial charge in [-0.1, -0.05) is 19.1 Å². The Morgan fingerprint density at radius 1 is 1.15 bits per heavy atom. The minimum atomic E-state index is -0.407. The summed E-state index contributed by atoms with van der Waals surface area (Å²) in [5.41, 5.74) is 2.58. The number of halogens is 1. The molecule has 1 heterocycles. The first-order chi connectivity index (χ1) is 12.9. The summed E-state index contributed by atoms with van der Waals surface area (Å²) >= 11 is 0. The molecule has 0 unspecified atom stereocenters. The Morgan fingerprint density at radius 2 is 1.89 bits per heavy atom. The monoisotopic (exact) mass is 368 g/mol. The molecule has 0 bridgehead atoms. The van der Waals surface area contributed by atoms with Gasteiger partial charge in [0.1, 0.15) is 11.4 Å². The average Bonchev–Trinajstić information content (AvgIpc) is 2.62. The highest BCUT2D eigenvalue weighted by atomic mass is 19.1. The van der Waals surface area contributed by atoms with Crippen molar-refractivity contribution >= 4 is 22.6 Å². The van der Waals surface area contributed by atoms with Gasteiger partial charge in [-0.25, -0.2) is 9.18 Å². The van der Waals surface area contributed by atoms with Crippen molar-refractivity contribution in [2.45, 2.75) is 19.9 Å². The van der Waals surface area contributed by atoms with Crippen molar-refractivity contribution in [3.8, 4) is 0 Å². The molecule has 0 fully saturated rings. The van der Waals surface area contributed by atoms with Crippen LogP contribution in [-0.4, -0.2) is 24.4 Å². The molecule has 140 valence electrons. The molecule has 0 saturated heterocycles. The van der Waals surface area contributed by atoms with E-state index in [4.69, 9.17) is 4.42 Å². The molecule has 5 nitrogen and oxygen atoms in total. The smallest absolute Gasteiger partial charge is 0.336 e. The van der Waals surface area contributed by atoms with E-state index in [1.165, 1.54) is 30.3 Å². The van der Waals surface area contributed by atoms with Crippen LogP contribution in [0.25, 0.3) is 11.0 Å². The number of benzene rings is 2. The van der Waals surface area contributed by atoms with Crippen molar-refractivity contribution in [2.24, 2.45) is 0 Å². The quantitative estimate of drug-likeness (QED) is 0.676. The number of carbonyl (C=O) groups is 1. The minimum Gasteiger partial charge on any atom is -0.423 e. The summed E-state index contributed by atoms with van der Waals surface area (Å²) in [7, 11) is 1.80. The zero-order valence-corrected chi connectivity index (χ0v) is 15.3. The van der Waals surface area contributed by atoms with Crippen molar-refractivity contribution in [1.82, 2.24) is 4.90 Å². The molecule has 6 heteroatoms. The van der Waals surface area contributed by atoms with E-state index < -0.39 is 5.63 Å². The summed E-state index contributed by atoms with van der Waals surface area (Å²) in [5.74, 6) is -0.573. The molecular formula is C21H21FN2O3. The topological polar surface area (TPSA) is 62.6 Å².